The minimum atomic E-state index is -1.04. The van der Waals surface area contributed by atoms with E-state index in [0.29, 0.717) is 5.57 Å². The number of halogens is 1. The van der Waals surface area contributed by atoms with E-state index in [2.05, 4.69) is 48.2 Å². The van der Waals surface area contributed by atoms with Gasteiger partial charge in [-0.2, -0.15) is 0 Å². The summed E-state index contributed by atoms with van der Waals surface area (Å²) in [5, 5.41) is 0. The fraction of sp³-hybridized carbons (Fsp3) is 0.483. The molecule has 0 N–H and O–H groups in total. The third-order valence-electron chi connectivity index (χ3n) is 8.99. The van der Waals surface area contributed by atoms with Gasteiger partial charge in [-0.25, -0.2) is 0 Å². The minimum absolute atomic E-state index is 0.0119. The molecule has 1 aliphatic heterocycles. The maximum atomic E-state index is 13.4. The lowest BCUT2D eigenvalue weighted by Crippen LogP contribution is -2.61. The van der Waals surface area contributed by atoms with Gasteiger partial charge in [0.05, 0.1) is 25.0 Å². The molecule has 0 aromatic heterocycles. The van der Waals surface area contributed by atoms with Crippen LogP contribution in [0.25, 0.3) is 0 Å². The molecule has 1 saturated carbocycles. The average Bonchev–Trinajstić information content (AvgIpc) is 3.30. The smallest absolute Gasteiger partial charge is 0.316 e. The van der Waals surface area contributed by atoms with E-state index in [1.165, 1.54) is 24.3 Å². The molecule has 190 valence electrons. The van der Waals surface area contributed by atoms with Crippen molar-refractivity contribution < 1.29 is 28.6 Å². The Morgan fingerprint density at radius 1 is 1.22 bits per heavy atom. The number of ketones is 1. The molecular weight excluding hydrogens is 571 g/mol. The van der Waals surface area contributed by atoms with Crippen molar-refractivity contribution in [1.82, 2.24) is 0 Å². The van der Waals surface area contributed by atoms with Gasteiger partial charge in [0, 0.05) is 26.7 Å². The second kappa shape index (κ2) is 8.94. The van der Waals surface area contributed by atoms with Gasteiger partial charge in [-0.05, 0) is 60.1 Å². The van der Waals surface area contributed by atoms with E-state index in [-0.39, 0.29) is 30.2 Å². The zero-order valence-corrected chi connectivity index (χ0v) is 23.1. The van der Waals surface area contributed by atoms with Crippen LogP contribution in [0.1, 0.15) is 45.1 Å². The Kier molecular flexibility index (Phi) is 6.31. The van der Waals surface area contributed by atoms with Crippen molar-refractivity contribution in [2.24, 2.45) is 22.7 Å². The summed E-state index contributed by atoms with van der Waals surface area (Å²) in [6.07, 6.45) is 2.37. The highest BCUT2D eigenvalue weighted by molar-refractivity contribution is 14.1. The van der Waals surface area contributed by atoms with Crippen LogP contribution in [0.5, 0.6) is 0 Å². The zero-order valence-electron chi connectivity index (χ0n) is 21.0. The average molecular weight is 602 g/mol. The molecule has 3 aliphatic carbocycles. The lowest BCUT2D eigenvalue weighted by Gasteiger charge is -2.54. The molecule has 36 heavy (non-hydrogen) atoms. The predicted molar refractivity (Wildman–Crippen MR) is 142 cm³/mol. The van der Waals surface area contributed by atoms with Crippen LogP contribution in [0.2, 0.25) is 0 Å². The lowest BCUT2D eigenvalue weighted by molar-refractivity contribution is -0.161. The summed E-state index contributed by atoms with van der Waals surface area (Å²) in [5.74, 6) is -1.72. The third-order valence-corrected chi connectivity index (χ3v) is 10.5. The highest BCUT2D eigenvalue weighted by atomic mass is 127. The first kappa shape index (κ1) is 25.4. The molecule has 0 amide bonds. The zero-order chi connectivity index (χ0) is 26.0. The van der Waals surface area contributed by atoms with Gasteiger partial charge in [-0.1, -0.05) is 55.5 Å². The number of esters is 2. The first-order valence-electron chi connectivity index (χ1n) is 12.3. The molecule has 1 saturated heterocycles. The molecule has 8 atom stereocenters. The summed E-state index contributed by atoms with van der Waals surface area (Å²) in [6, 6.07) is 10.3. The Balaban J connectivity index is 1.52. The summed E-state index contributed by atoms with van der Waals surface area (Å²) in [4.78, 5) is 39.0. The van der Waals surface area contributed by atoms with Gasteiger partial charge in [0.2, 0.25) is 0 Å². The predicted octanol–water partition coefficient (Wildman–Crippen LogP) is 5.08. The molecule has 2 fully saturated rings. The quantitative estimate of drug-likeness (QED) is 0.266. The van der Waals surface area contributed by atoms with E-state index in [4.69, 9.17) is 14.2 Å². The van der Waals surface area contributed by atoms with Crippen molar-refractivity contribution >= 4 is 40.3 Å². The Morgan fingerprint density at radius 3 is 2.58 bits per heavy atom. The van der Waals surface area contributed by atoms with Crippen molar-refractivity contribution in [2.45, 2.75) is 57.8 Å². The standard InChI is InChI=1S/C29H31IO6/c1-15-18(17-9-7-6-8-10-17)13-20(23(15)30)35-24-16(2)19(14-22(32)34-5)29(4)21(31)11-12-28(3)26(29)25(24)36-27(28)33/h6-12,18-20,24-26H,2,13-14H2,1,3-5H3/t18-,19+,20-,24+,25+,26+,28-,29+/m1/s1. The van der Waals surface area contributed by atoms with Crippen LogP contribution in [0.4, 0.5) is 0 Å². The van der Waals surface area contributed by atoms with Crippen LogP contribution in [0, 0.1) is 22.7 Å². The van der Waals surface area contributed by atoms with Crippen molar-refractivity contribution in [3.8, 4) is 0 Å². The van der Waals surface area contributed by atoms with E-state index in [1.54, 1.807) is 6.08 Å². The van der Waals surface area contributed by atoms with E-state index >= 15 is 0 Å². The number of allylic oxidation sites excluding steroid dienone is 2. The van der Waals surface area contributed by atoms with Crippen LogP contribution in [-0.2, 0) is 28.6 Å². The van der Waals surface area contributed by atoms with Gasteiger partial charge in [0.15, 0.2) is 5.78 Å². The van der Waals surface area contributed by atoms with Gasteiger partial charge in [0.1, 0.15) is 12.2 Å². The van der Waals surface area contributed by atoms with Crippen LogP contribution in [0.3, 0.4) is 0 Å². The second-order valence-electron chi connectivity index (χ2n) is 10.8. The Bertz CT molecular complexity index is 1200. The first-order chi connectivity index (χ1) is 17.0. The monoisotopic (exact) mass is 602 g/mol. The lowest BCUT2D eigenvalue weighted by atomic mass is 9.47. The van der Waals surface area contributed by atoms with Gasteiger partial charge >= 0.3 is 11.9 Å². The van der Waals surface area contributed by atoms with Gasteiger partial charge in [-0.15, -0.1) is 0 Å². The summed E-state index contributed by atoms with van der Waals surface area (Å²) < 4.78 is 18.9. The first-order valence-corrected chi connectivity index (χ1v) is 13.4. The fourth-order valence-corrected chi connectivity index (χ4v) is 7.74. The highest BCUT2D eigenvalue weighted by Gasteiger charge is 2.71. The summed E-state index contributed by atoms with van der Waals surface area (Å²) in [7, 11) is 1.33. The molecule has 0 unspecified atom stereocenters. The minimum Gasteiger partial charge on any atom is -0.469 e. The molecule has 4 aliphatic rings. The van der Waals surface area contributed by atoms with Crippen LogP contribution < -0.4 is 0 Å². The van der Waals surface area contributed by atoms with Gasteiger partial charge < -0.3 is 14.2 Å². The Morgan fingerprint density at radius 2 is 1.92 bits per heavy atom. The molecule has 0 radical (unpaired) electrons. The van der Waals surface area contributed by atoms with Gasteiger partial charge in [-0.3, -0.25) is 14.4 Å². The maximum absolute atomic E-state index is 13.4. The maximum Gasteiger partial charge on any atom is 0.316 e. The number of rotatable bonds is 5. The van der Waals surface area contributed by atoms with Crippen LogP contribution in [0.15, 0.2) is 63.8 Å². The highest BCUT2D eigenvalue weighted by Crippen LogP contribution is 2.63. The number of ether oxygens (including phenoxy) is 3. The third kappa shape index (κ3) is 3.56. The van der Waals surface area contributed by atoms with E-state index in [9.17, 15) is 14.4 Å². The van der Waals surface area contributed by atoms with E-state index in [1.807, 2.05) is 32.0 Å². The molecule has 0 spiro atoms. The fourth-order valence-electron chi connectivity index (χ4n) is 6.96. The molecule has 6 nitrogen and oxygen atoms in total. The van der Waals surface area contributed by atoms with Crippen LogP contribution in [-0.4, -0.2) is 43.1 Å². The molecule has 5 rings (SSSR count). The number of hydrogen-bond donors (Lipinski definition) is 0. The number of benzene rings is 1. The molecule has 7 heteroatoms. The molecule has 1 heterocycles. The van der Waals surface area contributed by atoms with Crippen molar-refractivity contribution in [1.29, 1.82) is 0 Å². The molecular formula is C29H31IO6. The largest absolute Gasteiger partial charge is 0.469 e. The Labute approximate surface area is 225 Å². The van der Waals surface area contributed by atoms with Gasteiger partial charge in [0.25, 0.3) is 0 Å². The topological polar surface area (TPSA) is 78.9 Å². The second-order valence-corrected chi connectivity index (χ2v) is 12.0. The number of carbonyl (C=O) groups excluding carboxylic acids is 3. The molecule has 0 bridgehead atoms. The van der Waals surface area contributed by atoms with E-state index in [0.717, 1.165) is 10.0 Å². The van der Waals surface area contributed by atoms with Crippen molar-refractivity contribution in [2.75, 3.05) is 7.11 Å². The molecule has 1 aromatic rings. The number of carbonyl (C=O) groups is 3. The SMILES string of the molecule is C=C1[C@H](O[C@@H]2C[C@@H](c3ccccc3)C(C)=C2I)[C@@H]2OC(=O)[C@]3(C)C=CC(=O)[C@@](C)([C@@H]23)[C@H]1CC(=O)OC. The van der Waals surface area contributed by atoms with Crippen LogP contribution >= 0.6 is 22.6 Å². The summed E-state index contributed by atoms with van der Waals surface area (Å²) in [6.45, 7) is 10.1. The molecule has 1 aromatic carbocycles. The number of methoxy groups -OCH3 is 1. The van der Waals surface area contributed by atoms with E-state index < -0.39 is 40.8 Å². The number of hydrogen-bond acceptors (Lipinski definition) is 6. The van der Waals surface area contributed by atoms with Crippen molar-refractivity contribution in [3.63, 3.8) is 0 Å². The summed E-state index contributed by atoms with van der Waals surface area (Å²) in [5.41, 5.74) is 1.08. The Hall–Kier alpha value is -2.26. The van der Waals surface area contributed by atoms with Crippen molar-refractivity contribution in [3.05, 3.63) is 69.4 Å². The summed E-state index contributed by atoms with van der Waals surface area (Å²) >= 11 is 2.35. The normalized spacial score (nSPS) is 39.3.